The molecule has 2 rings (SSSR count). The highest BCUT2D eigenvalue weighted by Gasteiger charge is 2.27. The second-order valence-electron chi connectivity index (χ2n) is 6.09. The second kappa shape index (κ2) is 9.38. The molecule has 146 valence electrons. The van der Waals surface area contributed by atoms with Crippen molar-refractivity contribution >= 4 is 29.2 Å². The number of ether oxygens (including phenoxy) is 1. The van der Waals surface area contributed by atoms with Crippen LogP contribution in [0.5, 0.6) is 0 Å². The van der Waals surface area contributed by atoms with Gasteiger partial charge in [-0.1, -0.05) is 16.8 Å². The zero-order chi connectivity index (χ0) is 20.0. The third-order valence-corrected chi connectivity index (χ3v) is 4.03. The van der Waals surface area contributed by atoms with Crippen molar-refractivity contribution in [1.29, 1.82) is 0 Å². The van der Waals surface area contributed by atoms with Crippen molar-refractivity contribution in [2.75, 3.05) is 39.7 Å². The number of carbonyl (C=O) groups excluding carboxylic acids is 2. The summed E-state index contributed by atoms with van der Waals surface area (Å²) in [6.07, 6.45) is 0. The van der Waals surface area contributed by atoms with Crippen LogP contribution in [0.1, 0.15) is 17.3 Å². The number of rotatable bonds is 8. The van der Waals surface area contributed by atoms with E-state index >= 15 is 0 Å². The molecule has 27 heavy (non-hydrogen) atoms. The molecule has 1 atom stereocenters. The van der Waals surface area contributed by atoms with Gasteiger partial charge in [0, 0.05) is 38.3 Å². The number of nitrogens with zero attached hydrogens (tertiary/aromatic N) is 2. The average molecular weight is 395 g/mol. The van der Waals surface area contributed by atoms with Crippen LogP contribution in [0.3, 0.4) is 0 Å². The fourth-order valence-corrected chi connectivity index (χ4v) is 2.54. The van der Waals surface area contributed by atoms with E-state index < -0.39 is 11.9 Å². The summed E-state index contributed by atoms with van der Waals surface area (Å²) in [6, 6.07) is 6.14. The van der Waals surface area contributed by atoms with Crippen LogP contribution < -0.4 is 10.6 Å². The molecule has 1 aromatic heterocycles. The Hall–Kier alpha value is -2.58. The number of nitrogens with one attached hydrogen (secondary N) is 2. The Morgan fingerprint density at radius 2 is 1.96 bits per heavy atom. The number of halogens is 1. The molecule has 0 saturated carbocycles. The number of aromatic nitrogens is 1. The Bertz CT molecular complexity index is 789. The number of anilines is 1. The summed E-state index contributed by atoms with van der Waals surface area (Å²) in [4.78, 5) is 26.4. The van der Waals surface area contributed by atoms with Gasteiger partial charge in [-0.3, -0.25) is 9.59 Å². The molecular weight excluding hydrogens is 372 g/mol. The molecule has 0 fully saturated rings. The van der Waals surface area contributed by atoms with Gasteiger partial charge in [0.2, 0.25) is 5.91 Å². The van der Waals surface area contributed by atoms with Gasteiger partial charge in [0.25, 0.3) is 5.91 Å². The largest absolute Gasteiger partial charge is 0.383 e. The quantitative estimate of drug-likeness (QED) is 0.666. The minimum absolute atomic E-state index is 0.215. The van der Waals surface area contributed by atoms with Crippen molar-refractivity contribution in [1.82, 2.24) is 15.4 Å². The molecule has 1 heterocycles. The molecule has 2 N–H and O–H groups in total. The fraction of sp³-hybridized carbons (Fsp3) is 0.389. The molecule has 0 saturated heterocycles. The first-order valence-corrected chi connectivity index (χ1v) is 8.73. The Morgan fingerprint density at radius 3 is 2.56 bits per heavy atom. The van der Waals surface area contributed by atoms with Gasteiger partial charge in [-0.25, -0.2) is 0 Å². The maximum absolute atomic E-state index is 12.9. The van der Waals surface area contributed by atoms with Crippen molar-refractivity contribution in [2.24, 2.45) is 0 Å². The van der Waals surface area contributed by atoms with Gasteiger partial charge in [0.15, 0.2) is 11.6 Å². The molecular formula is C18H23ClN4O4. The SMILES string of the molecule is COCCNc1noc(-c2ccc(Cl)cc2)c1C(=O)NC(C)C(=O)N(C)C. The van der Waals surface area contributed by atoms with Crippen molar-refractivity contribution in [3.8, 4) is 11.3 Å². The Balaban J connectivity index is 2.34. The lowest BCUT2D eigenvalue weighted by Gasteiger charge is -2.18. The van der Waals surface area contributed by atoms with E-state index in [1.807, 2.05) is 0 Å². The third-order valence-electron chi connectivity index (χ3n) is 3.78. The van der Waals surface area contributed by atoms with Gasteiger partial charge in [-0.2, -0.15) is 0 Å². The highest BCUT2D eigenvalue weighted by atomic mass is 35.5. The van der Waals surface area contributed by atoms with Crippen molar-refractivity contribution < 1.29 is 18.8 Å². The van der Waals surface area contributed by atoms with E-state index in [1.54, 1.807) is 52.4 Å². The number of hydrogen-bond donors (Lipinski definition) is 2. The van der Waals surface area contributed by atoms with Crippen LogP contribution in [0.2, 0.25) is 5.02 Å². The summed E-state index contributed by atoms with van der Waals surface area (Å²) in [6.45, 7) is 2.49. The van der Waals surface area contributed by atoms with E-state index in [0.29, 0.717) is 23.7 Å². The molecule has 0 aliphatic rings. The van der Waals surface area contributed by atoms with Crippen LogP contribution in [0.15, 0.2) is 28.8 Å². The molecule has 1 aromatic carbocycles. The molecule has 0 bridgehead atoms. The maximum atomic E-state index is 12.9. The van der Waals surface area contributed by atoms with Crippen LogP contribution in [0, 0.1) is 0 Å². The van der Waals surface area contributed by atoms with Crippen LogP contribution in [-0.2, 0) is 9.53 Å². The van der Waals surface area contributed by atoms with Crippen LogP contribution in [0.4, 0.5) is 5.82 Å². The summed E-state index contributed by atoms with van der Waals surface area (Å²) >= 11 is 5.93. The summed E-state index contributed by atoms with van der Waals surface area (Å²) in [7, 11) is 4.83. The van der Waals surface area contributed by atoms with E-state index in [-0.39, 0.29) is 23.0 Å². The summed E-state index contributed by atoms with van der Waals surface area (Å²) < 4.78 is 10.4. The van der Waals surface area contributed by atoms with Gasteiger partial charge in [-0.05, 0) is 31.2 Å². The molecule has 0 aliphatic heterocycles. The van der Waals surface area contributed by atoms with Crippen molar-refractivity contribution in [3.63, 3.8) is 0 Å². The molecule has 9 heteroatoms. The van der Waals surface area contributed by atoms with Crippen molar-refractivity contribution in [3.05, 3.63) is 34.9 Å². The highest BCUT2D eigenvalue weighted by Crippen LogP contribution is 2.30. The lowest BCUT2D eigenvalue weighted by Crippen LogP contribution is -2.44. The minimum atomic E-state index is -0.702. The Kier molecular flexibility index (Phi) is 7.20. The van der Waals surface area contributed by atoms with Gasteiger partial charge in [-0.15, -0.1) is 0 Å². The standard InChI is InChI=1S/C18H23ClN4O4/c1-11(18(25)23(2)3)21-17(24)14-15(12-5-7-13(19)8-6-12)27-22-16(14)20-9-10-26-4/h5-8,11H,9-10H2,1-4H3,(H,20,22)(H,21,24). The lowest BCUT2D eigenvalue weighted by molar-refractivity contribution is -0.130. The van der Waals surface area contributed by atoms with Crippen LogP contribution >= 0.6 is 11.6 Å². The number of hydrogen-bond acceptors (Lipinski definition) is 6. The number of benzene rings is 1. The smallest absolute Gasteiger partial charge is 0.259 e. The Morgan fingerprint density at radius 1 is 1.30 bits per heavy atom. The first-order valence-electron chi connectivity index (χ1n) is 8.35. The summed E-state index contributed by atoms with van der Waals surface area (Å²) in [5.74, 6) is -0.127. The molecule has 0 aliphatic carbocycles. The van der Waals surface area contributed by atoms with E-state index in [0.717, 1.165) is 0 Å². The van der Waals surface area contributed by atoms with Crippen molar-refractivity contribution in [2.45, 2.75) is 13.0 Å². The van der Waals surface area contributed by atoms with Crippen LogP contribution in [-0.4, -0.2) is 62.3 Å². The normalized spacial score (nSPS) is 11.7. The highest BCUT2D eigenvalue weighted by molar-refractivity contribution is 6.30. The average Bonchev–Trinajstić information content (AvgIpc) is 3.05. The van der Waals surface area contributed by atoms with E-state index in [4.69, 9.17) is 20.9 Å². The fourth-order valence-electron chi connectivity index (χ4n) is 2.41. The molecule has 2 amide bonds. The third kappa shape index (κ3) is 5.21. The summed E-state index contributed by atoms with van der Waals surface area (Å²) in [5, 5.41) is 10.2. The number of likely N-dealkylation sites (N-methyl/N-ethyl adjacent to an activating group) is 1. The van der Waals surface area contributed by atoms with Crippen LogP contribution in [0.25, 0.3) is 11.3 Å². The zero-order valence-electron chi connectivity index (χ0n) is 15.7. The topological polar surface area (TPSA) is 96.7 Å². The Labute approximate surface area is 162 Å². The molecule has 8 nitrogen and oxygen atoms in total. The number of amides is 2. The van der Waals surface area contributed by atoms with E-state index in [9.17, 15) is 9.59 Å². The van der Waals surface area contributed by atoms with Gasteiger partial charge in [0.1, 0.15) is 11.6 Å². The first-order chi connectivity index (χ1) is 12.8. The van der Waals surface area contributed by atoms with E-state index in [1.165, 1.54) is 4.90 Å². The van der Waals surface area contributed by atoms with E-state index in [2.05, 4.69) is 15.8 Å². The minimum Gasteiger partial charge on any atom is -0.383 e. The van der Waals surface area contributed by atoms with Gasteiger partial charge in [0.05, 0.1) is 6.61 Å². The molecule has 2 aromatic rings. The predicted octanol–water partition coefficient (Wildman–Crippen LogP) is 2.26. The summed E-state index contributed by atoms with van der Waals surface area (Å²) in [5.41, 5.74) is 0.857. The maximum Gasteiger partial charge on any atom is 0.259 e. The molecule has 0 radical (unpaired) electrons. The zero-order valence-corrected chi connectivity index (χ0v) is 16.5. The number of carbonyl (C=O) groups is 2. The first kappa shape index (κ1) is 20.7. The second-order valence-corrected chi connectivity index (χ2v) is 6.53. The lowest BCUT2D eigenvalue weighted by atomic mass is 10.1. The monoisotopic (exact) mass is 394 g/mol. The molecule has 0 spiro atoms. The predicted molar refractivity (Wildman–Crippen MR) is 103 cm³/mol. The number of methoxy groups -OCH3 is 1. The molecule has 1 unspecified atom stereocenters. The van der Waals surface area contributed by atoms with Gasteiger partial charge < -0.3 is 24.8 Å². The van der Waals surface area contributed by atoms with Gasteiger partial charge >= 0.3 is 0 Å².